The third kappa shape index (κ3) is 4.30. The van der Waals surface area contributed by atoms with E-state index in [4.69, 9.17) is 9.47 Å². The average molecular weight is 326 g/mol. The Labute approximate surface area is 149 Å². The van der Waals surface area contributed by atoms with Gasteiger partial charge in [-0.1, -0.05) is 13.0 Å². The van der Waals surface area contributed by atoms with Gasteiger partial charge in [-0.25, -0.2) is 6.61 Å². The van der Waals surface area contributed by atoms with E-state index in [-0.39, 0.29) is 80.9 Å². The molecule has 0 radical (unpaired) electrons. The van der Waals surface area contributed by atoms with E-state index in [9.17, 15) is 5.11 Å². The fraction of sp³-hybridized carbons (Fsp3) is 0.364. The van der Waals surface area contributed by atoms with Crippen LogP contribution >= 0.6 is 0 Å². The zero-order valence-corrected chi connectivity index (χ0v) is 15.3. The van der Waals surface area contributed by atoms with Gasteiger partial charge >= 0.3 is 68.9 Å². The third-order valence-electron chi connectivity index (χ3n) is 2.11. The molecule has 1 aliphatic rings. The zero-order chi connectivity index (χ0) is 9.97. The predicted octanol–water partition coefficient (Wildman–Crippen LogP) is -0.681. The van der Waals surface area contributed by atoms with Gasteiger partial charge in [0.15, 0.2) is 6.29 Å². The molecule has 1 aromatic carbocycles. The van der Waals surface area contributed by atoms with Crippen LogP contribution in [0, 0.1) is 12.5 Å². The monoisotopic (exact) mass is 326 g/mol. The standard InChI is InChI=1S/C11H13O3.Cs/c1-8-5-11(13-7-8)14-10-4-2-3-9(12)6-10;/h2-4,6-8,11-12H,5H2,1H3;/q-1;+1/t8-,11?;/m1./s1. The summed E-state index contributed by atoms with van der Waals surface area (Å²) < 4.78 is 10.8. The van der Waals surface area contributed by atoms with Gasteiger partial charge in [0.25, 0.3) is 0 Å². The van der Waals surface area contributed by atoms with Crippen molar-refractivity contribution in [2.45, 2.75) is 19.6 Å². The summed E-state index contributed by atoms with van der Waals surface area (Å²) in [6.45, 7) is 3.86. The Balaban J connectivity index is 0.00000112. The van der Waals surface area contributed by atoms with Gasteiger partial charge in [0.05, 0.1) is 0 Å². The Bertz CT molecular complexity index is 316. The van der Waals surface area contributed by atoms with Crippen LogP contribution in [0.15, 0.2) is 24.3 Å². The Morgan fingerprint density at radius 2 is 2.33 bits per heavy atom. The Morgan fingerprint density at radius 3 is 2.93 bits per heavy atom. The van der Waals surface area contributed by atoms with Gasteiger partial charge in [-0.2, -0.15) is 0 Å². The number of ether oxygens (including phenoxy) is 2. The zero-order valence-electron chi connectivity index (χ0n) is 9.01. The number of aromatic hydroxyl groups is 1. The maximum absolute atomic E-state index is 9.21. The largest absolute Gasteiger partial charge is 1.00 e. The third-order valence-corrected chi connectivity index (χ3v) is 2.11. The van der Waals surface area contributed by atoms with Gasteiger partial charge in [-0.05, 0) is 18.6 Å². The smallest absolute Gasteiger partial charge is 0.520 e. The summed E-state index contributed by atoms with van der Waals surface area (Å²) in [7, 11) is 0. The number of rotatable bonds is 2. The second kappa shape index (κ2) is 6.54. The van der Waals surface area contributed by atoms with Gasteiger partial charge in [0, 0.05) is 6.07 Å². The molecule has 2 atom stereocenters. The summed E-state index contributed by atoms with van der Waals surface area (Å²) in [5.41, 5.74) is 0. The van der Waals surface area contributed by atoms with Crippen molar-refractivity contribution in [2.75, 3.05) is 0 Å². The minimum absolute atomic E-state index is 0. The molecule has 0 aliphatic carbocycles. The van der Waals surface area contributed by atoms with Gasteiger partial charge < -0.3 is 14.6 Å². The van der Waals surface area contributed by atoms with E-state index in [1.165, 1.54) is 0 Å². The normalized spacial score (nSPS) is 24.6. The molecule has 3 nitrogen and oxygen atoms in total. The number of benzene rings is 1. The van der Waals surface area contributed by atoms with Crippen molar-refractivity contribution < 1.29 is 83.5 Å². The number of hydrogen-bond acceptors (Lipinski definition) is 3. The minimum Gasteiger partial charge on any atom is -0.520 e. The van der Waals surface area contributed by atoms with Crippen molar-refractivity contribution in [1.82, 2.24) is 0 Å². The van der Waals surface area contributed by atoms with Crippen molar-refractivity contribution in [3.05, 3.63) is 30.9 Å². The maximum Gasteiger partial charge on any atom is 1.00 e. The van der Waals surface area contributed by atoms with Crippen LogP contribution in [0.1, 0.15) is 13.3 Å². The van der Waals surface area contributed by atoms with Crippen LogP contribution in [0.4, 0.5) is 0 Å². The fourth-order valence-electron chi connectivity index (χ4n) is 1.42. The van der Waals surface area contributed by atoms with Crippen LogP contribution < -0.4 is 73.6 Å². The van der Waals surface area contributed by atoms with Gasteiger partial charge in [0.2, 0.25) is 0 Å². The Morgan fingerprint density at radius 1 is 1.53 bits per heavy atom. The van der Waals surface area contributed by atoms with Gasteiger partial charge in [-0.3, -0.25) is 0 Å². The summed E-state index contributed by atoms with van der Waals surface area (Å²) in [5, 5.41) is 9.21. The van der Waals surface area contributed by atoms with Crippen molar-refractivity contribution in [3.8, 4) is 11.5 Å². The van der Waals surface area contributed by atoms with E-state index < -0.39 is 0 Å². The molecule has 0 aromatic heterocycles. The van der Waals surface area contributed by atoms with Crippen LogP contribution in [0.25, 0.3) is 0 Å². The molecule has 1 aromatic rings. The molecule has 0 amide bonds. The van der Waals surface area contributed by atoms with E-state index >= 15 is 0 Å². The molecule has 1 aliphatic heterocycles. The molecule has 0 spiro atoms. The quantitative estimate of drug-likeness (QED) is 0.732. The average Bonchev–Trinajstić information content (AvgIpc) is 2.51. The molecule has 15 heavy (non-hydrogen) atoms. The number of phenols is 1. The van der Waals surface area contributed by atoms with Crippen LogP contribution in [-0.4, -0.2) is 11.4 Å². The summed E-state index contributed by atoms with van der Waals surface area (Å²) in [6, 6.07) is 6.72. The van der Waals surface area contributed by atoms with Crippen molar-refractivity contribution in [3.63, 3.8) is 0 Å². The minimum atomic E-state index is -0.216. The SMILES string of the molecule is C[C@H]1[CH-]OC(Oc2cccc(O)c2)C1.[Cs+]. The maximum atomic E-state index is 9.21. The molecule has 4 heteroatoms. The molecule has 0 bridgehead atoms. The molecule has 1 saturated heterocycles. The van der Waals surface area contributed by atoms with Crippen molar-refractivity contribution in [2.24, 2.45) is 5.92 Å². The molecule has 1 unspecified atom stereocenters. The topological polar surface area (TPSA) is 38.7 Å². The van der Waals surface area contributed by atoms with Crippen LogP contribution in [-0.2, 0) is 4.74 Å². The predicted molar refractivity (Wildman–Crippen MR) is 51.7 cm³/mol. The van der Waals surface area contributed by atoms with Crippen molar-refractivity contribution in [1.29, 1.82) is 0 Å². The van der Waals surface area contributed by atoms with E-state index in [2.05, 4.69) is 6.92 Å². The van der Waals surface area contributed by atoms with Crippen LogP contribution in [0.2, 0.25) is 0 Å². The number of phenolic OH excluding ortho intramolecular Hbond substituents is 1. The first-order valence-electron chi connectivity index (χ1n) is 4.68. The van der Waals surface area contributed by atoms with Gasteiger partial charge in [-0.15, -0.1) is 5.92 Å². The van der Waals surface area contributed by atoms with Gasteiger partial charge in [0.1, 0.15) is 11.5 Å². The number of hydrogen-bond donors (Lipinski definition) is 1. The summed E-state index contributed by atoms with van der Waals surface area (Å²) in [5.74, 6) is 1.27. The molecular weight excluding hydrogens is 313 g/mol. The van der Waals surface area contributed by atoms with Crippen LogP contribution in [0.5, 0.6) is 11.5 Å². The molecule has 1 heterocycles. The summed E-state index contributed by atoms with van der Waals surface area (Å²) in [6.07, 6.45) is 0.641. The fourth-order valence-corrected chi connectivity index (χ4v) is 1.42. The molecule has 76 valence electrons. The van der Waals surface area contributed by atoms with E-state index in [0.717, 1.165) is 6.42 Å². The summed E-state index contributed by atoms with van der Waals surface area (Å²) in [4.78, 5) is 0. The van der Waals surface area contributed by atoms with E-state index in [0.29, 0.717) is 11.7 Å². The van der Waals surface area contributed by atoms with E-state index in [1.807, 2.05) is 0 Å². The molecule has 1 N–H and O–H groups in total. The summed E-state index contributed by atoms with van der Waals surface area (Å²) >= 11 is 0. The molecule has 0 saturated carbocycles. The molecule has 1 fully saturated rings. The van der Waals surface area contributed by atoms with Crippen molar-refractivity contribution >= 4 is 0 Å². The first-order chi connectivity index (χ1) is 6.74. The molecule has 2 rings (SSSR count). The van der Waals surface area contributed by atoms with Crippen LogP contribution in [0.3, 0.4) is 0 Å². The Hall–Kier alpha value is 0.832. The Kier molecular flexibility index (Phi) is 6.06. The second-order valence-corrected chi connectivity index (χ2v) is 3.53. The first kappa shape index (κ1) is 13.9. The second-order valence-electron chi connectivity index (χ2n) is 3.53. The first-order valence-corrected chi connectivity index (χ1v) is 4.68. The molecular formula is C11H13CsO3. The van der Waals surface area contributed by atoms with E-state index in [1.54, 1.807) is 30.9 Å².